The van der Waals surface area contributed by atoms with Gasteiger partial charge in [0, 0.05) is 11.6 Å². The molecule has 0 aromatic heterocycles. The fourth-order valence-corrected chi connectivity index (χ4v) is 1.41. The molecule has 0 aromatic carbocycles. The molecule has 0 radical (unpaired) electrons. The highest BCUT2D eigenvalue weighted by atomic mass is 15.0. The molecule has 3 nitrogen and oxygen atoms in total. The largest absolute Gasteiger partial charge is 0.330 e. The Morgan fingerprint density at radius 3 is 2.42 bits per heavy atom. The third kappa shape index (κ3) is 6.58. The van der Waals surface area contributed by atoms with Crippen molar-refractivity contribution in [1.29, 1.82) is 0 Å². The first-order valence-electron chi connectivity index (χ1n) is 4.68. The van der Waals surface area contributed by atoms with Crippen molar-refractivity contribution in [1.82, 2.24) is 5.32 Å². The molecule has 0 spiro atoms. The monoisotopic (exact) mass is 173 g/mol. The number of nitrogens with one attached hydrogen (secondary N) is 1. The molecular weight excluding hydrogens is 150 g/mol. The Morgan fingerprint density at radius 2 is 2.00 bits per heavy atom. The predicted octanol–water partition coefficient (Wildman–Crippen LogP) is 0.441. The Bertz CT molecular complexity index is 110. The number of rotatable bonds is 6. The Hall–Kier alpha value is -0.120. The maximum atomic E-state index is 5.72. The van der Waals surface area contributed by atoms with Crippen LogP contribution in [0.5, 0.6) is 0 Å². The van der Waals surface area contributed by atoms with Crippen LogP contribution in [-0.4, -0.2) is 24.7 Å². The molecule has 5 N–H and O–H groups in total. The van der Waals surface area contributed by atoms with Gasteiger partial charge in [0.2, 0.25) is 0 Å². The molecule has 74 valence electrons. The minimum Gasteiger partial charge on any atom is -0.330 e. The zero-order valence-electron chi connectivity index (χ0n) is 8.56. The minimum atomic E-state index is 0.142. The average molecular weight is 173 g/mol. The van der Waals surface area contributed by atoms with Gasteiger partial charge in [-0.1, -0.05) is 0 Å². The van der Waals surface area contributed by atoms with E-state index in [0.717, 1.165) is 25.9 Å². The van der Waals surface area contributed by atoms with E-state index in [9.17, 15) is 0 Å². The van der Waals surface area contributed by atoms with Crippen LogP contribution in [0.3, 0.4) is 0 Å². The van der Waals surface area contributed by atoms with E-state index in [1.54, 1.807) is 0 Å². The second-order valence-electron chi connectivity index (χ2n) is 4.13. The van der Waals surface area contributed by atoms with Crippen LogP contribution in [0.25, 0.3) is 0 Å². The van der Waals surface area contributed by atoms with Crippen molar-refractivity contribution >= 4 is 0 Å². The van der Waals surface area contributed by atoms with Crippen LogP contribution in [-0.2, 0) is 0 Å². The lowest BCUT2D eigenvalue weighted by atomic mass is 9.96. The molecule has 0 aliphatic heterocycles. The molecule has 0 aliphatic rings. The molecule has 3 heteroatoms. The fourth-order valence-electron chi connectivity index (χ4n) is 1.41. The van der Waals surface area contributed by atoms with Crippen molar-refractivity contribution in [3.05, 3.63) is 0 Å². The molecule has 0 bridgehead atoms. The molecule has 12 heavy (non-hydrogen) atoms. The Kier molecular flexibility index (Phi) is 5.46. The first-order chi connectivity index (χ1) is 5.48. The lowest BCUT2D eigenvalue weighted by Crippen LogP contribution is -2.44. The molecule has 1 unspecified atom stereocenters. The Balaban J connectivity index is 3.56. The number of nitrogens with two attached hydrogens (primary N) is 2. The van der Waals surface area contributed by atoms with Gasteiger partial charge in [0.25, 0.3) is 0 Å². The summed E-state index contributed by atoms with van der Waals surface area (Å²) in [6, 6.07) is 0.255. The number of hydrogen-bond donors (Lipinski definition) is 3. The van der Waals surface area contributed by atoms with Crippen molar-refractivity contribution in [3.63, 3.8) is 0 Å². The highest BCUT2D eigenvalue weighted by molar-refractivity contribution is 4.80. The van der Waals surface area contributed by atoms with Gasteiger partial charge in [-0.15, -0.1) is 0 Å². The molecule has 0 saturated heterocycles. The van der Waals surface area contributed by atoms with Gasteiger partial charge in [-0.2, -0.15) is 0 Å². The summed E-state index contributed by atoms with van der Waals surface area (Å²) in [5.74, 6) is 0. The SMILES string of the molecule is CC(N)CC(C)(C)NCCCN. The van der Waals surface area contributed by atoms with Gasteiger partial charge < -0.3 is 16.8 Å². The van der Waals surface area contributed by atoms with Crippen LogP contribution in [0.2, 0.25) is 0 Å². The minimum absolute atomic E-state index is 0.142. The normalized spacial score (nSPS) is 14.8. The van der Waals surface area contributed by atoms with E-state index in [-0.39, 0.29) is 11.6 Å². The first kappa shape index (κ1) is 11.9. The topological polar surface area (TPSA) is 64.1 Å². The molecular formula is C9H23N3. The van der Waals surface area contributed by atoms with Crippen LogP contribution in [0, 0.1) is 0 Å². The predicted molar refractivity (Wildman–Crippen MR) is 54.0 cm³/mol. The van der Waals surface area contributed by atoms with Gasteiger partial charge in [-0.05, 0) is 46.7 Å². The van der Waals surface area contributed by atoms with Crippen LogP contribution >= 0.6 is 0 Å². The molecule has 1 atom stereocenters. The zero-order chi connectivity index (χ0) is 9.61. The molecule has 0 heterocycles. The average Bonchev–Trinajstić information content (AvgIpc) is 1.84. The summed E-state index contributed by atoms with van der Waals surface area (Å²) in [6.45, 7) is 8.11. The van der Waals surface area contributed by atoms with Gasteiger partial charge >= 0.3 is 0 Å². The van der Waals surface area contributed by atoms with Gasteiger partial charge in [0.05, 0.1) is 0 Å². The highest BCUT2D eigenvalue weighted by Crippen LogP contribution is 2.09. The second kappa shape index (κ2) is 5.51. The van der Waals surface area contributed by atoms with Crippen LogP contribution in [0.1, 0.15) is 33.6 Å². The molecule has 0 aliphatic carbocycles. The fraction of sp³-hybridized carbons (Fsp3) is 1.00. The van der Waals surface area contributed by atoms with E-state index in [1.165, 1.54) is 0 Å². The summed E-state index contributed by atoms with van der Waals surface area (Å²) >= 11 is 0. The van der Waals surface area contributed by atoms with Crippen molar-refractivity contribution in [3.8, 4) is 0 Å². The van der Waals surface area contributed by atoms with E-state index in [1.807, 2.05) is 6.92 Å². The third-order valence-electron chi connectivity index (χ3n) is 1.82. The summed E-state index contributed by atoms with van der Waals surface area (Å²) in [7, 11) is 0. The molecule has 0 rings (SSSR count). The highest BCUT2D eigenvalue weighted by Gasteiger charge is 2.17. The third-order valence-corrected chi connectivity index (χ3v) is 1.82. The molecule has 0 saturated carbocycles. The van der Waals surface area contributed by atoms with Crippen molar-refractivity contribution in [2.45, 2.75) is 45.2 Å². The van der Waals surface area contributed by atoms with Gasteiger partial charge in [-0.3, -0.25) is 0 Å². The van der Waals surface area contributed by atoms with E-state index >= 15 is 0 Å². The van der Waals surface area contributed by atoms with Crippen molar-refractivity contribution < 1.29 is 0 Å². The molecule has 0 aromatic rings. The van der Waals surface area contributed by atoms with Gasteiger partial charge in [0.1, 0.15) is 0 Å². The quantitative estimate of drug-likeness (QED) is 0.511. The van der Waals surface area contributed by atoms with Gasteiger partial charge in [-0.25, -0.2) is 0 Å². The van der Waals surface area contributed by atoms with E-state index in [2.05, 4.69) is 19.2 Å². The summed E-state index contributed by atoms with van der Waals surface area (Å²) < 4.78 is 0. The lowest BCUT2D eigenvalue weighted by molar-refractivity contribution is 0.340. The lowest BCUT2D eigenvalue weighted by Gasteiger charge is -2.28. The van der Waals surface area contributed by atoms with Crippen molar-refractivity contribution in [2.75, 3.05) is 13.1 Å². The number of hydrogen-bond acceptors (Lipinski definition) is 3. The zero-order valence-corrected chi connectivity index (χ0v) is 8.56. The second-order valence-corrected chi connectivity index (χ2v) is 4.13. The smallest absolute Gasteiger partial charge is 0.0139 e. The van der Waals surface area contributed by atoms with Crippen LogP contribution < -0.4 is 16.8 Å². The molecule has 0 amide bonds. The van der Waals surface area contributed by atoms with Gasteiger partial charge in [0.15, 0.2) is 0 Å². The first-order valence-corrected chi connectivity index (χ1v) is 4.68. The summed E-state index contributed by atoms with van der Waals surface area (Å²) in [4.78, 5) is 0. The van der Waals surface area contributed by atoms with E-state index < -0.39 is 0 Å². The van der Waals surface area contributed by atoms with Crippen LogP contribution in [0.15, 0.2) is 0 Å². The van der Waals surface area contributed by atoms with E-state index in [4.69, 9.17) is 11.5 Å². The van der Waals surface area contributed by atoms with Crippen molar-refractivity contribution in [2.24, 2.45) is 11.5 Å². The Morgan fingerprint density at radius 1 is 1.42 bits per heavy atom. The summed E-state index contributed by atoms with van der Waals surface area (Å²) in [5.41, 5.74) is 11.3. The Labute approximate surface area is 75.9 Å². The van der Waals surface area contributed by atoms with E-state index in [0.29, 0.717) is 0 Å². The molecule has 0 fully saturated rings. The maximum Gasteiger partial charge on any atom is 0.0139 e. The summed E-state index contributed by atoms with van der Waals surface area (Å²) in [5, 5.41) is 3.43. The maximum absolute atomic E-state index is 5.72. The van der Waals surface area contributed by atoms with Crippen LogP contribution in [0.4, 0.5) is 0 Å². The summed E-state index contributed by atoms with van der Waals surface area (Å²) in [6.07, 6.45) is 2.03. The standard InChI is InChI=1S/C9H23N3/c1-8(11)7-9(2,3)12-6-4-5-10/h8,12H,4-7,10-11H2,1-3H3.